The van der Waals surface area contributed by atoms with Gasteiger partial charge >= 0.3 is 60.1 Å². The van der Waals surface area contributed by atoms with Crippen LogP contribution in [0, 0.1) is 107 Å². The van der Waals surface area contributed by atoms with Crippen LogP contribution >= 0.6 is 0 Å². The van der Waals surface area contributed by atoms with Crippen molar-refractivity contribution in [1.29, 1.82) is 0 Å². The number of nitrogens with zero attached hydrogens (tertiary/aromatic N) is 7. The molecule has 31 heteroatoms. The third kappa shape index (κ3) is 1140. The van der Waals surface area contributed by atoms with Crippen molar-refractivity contribution in [2.75, 3.05) is 0 Å². The second-order valence-electron chi connectivity index (χ2n) is 1.57. The Bertz CT molecular complexity index is 321. The van der Waals surface area contributed by atoms with E-state index in [4.69, 9.17) is 107 Å². The van der Waals surface area contributed by atoms with Crippen LogP contribution in [0.2, 0.25) is 0 Å². The summed E-state index contributed by atoms with van der Waals surface area (Å²) in [6.45, 7) is 0. The molecule has 0 bridgehead atoms. The summed E-state index contributed by atoms with van der Waals surface area (Å²) in [4.78, 5) is 57.8. The van der Waals surface area contributed by atoms with E-state index in [0.717, 1.165) is 0 Å². The maximum atomic E-state index is 8.25. The molecule has 0 rings (SSSR count). The fraction of sp³-hybridized carbons (Fsp3) is 0. The predicted octanol–water partition coefficient (Wildman–Crippen LogP) is -2.06. The summed E-state index contributed by atoms with van der Waals surface area (Å²) in [5, 5.41) is 103. The maximum Gasteiger partial charge on any atom is 3.00 e. The SMILES string of the molecule is O=[N+]([O-])[O-].O=[N+]([O-])[O-].O=[N+]([O-])[O-].O=[N+]([O-])[O-].O=[N+]([O-])[O-].O=[N+]([O-])[O-].O=[N+]([O-])[O-].[Bi+3].[Co+2].[Fe+2]. The van der Waals surface area contributed by atoms with E-state index in [-0.39, 0.29) is 60.1 Å². The summed E-state index contributed by atoms with van der Waals surface area (Å²) in [6, 6.07) is 0. The first-order chi connectivity index (χ1) is 12.1. The molecule has 28 nitrogen and oxygen atoms in total. The van der Waals surface area contributed by atoms with Gasteiger partial charge in [0.1, 0.15) is 0 Å². The molecule has 0 saturated heterocycles. The molecule has 183 valence electrons. The van der Waals surface area contributed by atoms with E-state index in [9.17, 15) is 0 Å². The minimum atomic E-state index is -1.75. The molecule has 31 heavy (non-hydrogen) atoms. The van der Waals surface area contributed by atoms with E-state index >= 15 is 0 Å². The molecule has 3 radical (unpaired) electrons. The van der Waals surface area contributed by atoms with Gasteiger partial charge in [-0.15, -0.1) is 0 Å². The number of hydrogen-bond donors (Lipinski definition) is 0. The average molecular weight is 758 g/mol. The summed E-state index contributed by atoms with van der Waals surface area (Å²) in [6.07, 6.45) is 0. The summed E-state index contributed by atoms with van der Waals surface area (Å²) in [5.41, 5.74) is 0. The van der Waals surface area contributed by atoms with Gasteiger partial charge in [-0.05, 0) is 0 Å². The predicted molar refractivity (Wildman–Crippen MR) is 78.3 cm³/mol. The molecule has 0 aliphatic carbocycles. The van der Waals surface area contributed by atoms with Crippen LogP contribution in [0.5, 0.6) is 0 Å². The van der Waals surface area contributed by atoms with Crippen LogP contribution in [0.25, 0.3) is 0 Å². The molecule has 0 spiro atoms. The molecule has 0 aliphatic rings. The Kier molecular flexibility index (Phi) is 114. The summed E-state index contributed by atoms with van der Waals surface area (Å²) < 4.78 is 0. The van der Waals surface area contributed by atoms with E-state index in [0.29, 0.717) is 0 Å². The fourth-order valence-electron chi connectivity index (χ4n) is 0. The Morgan fingerprint density at radius 2 is 0.290 bits per heavy atom. The fourth-order valence-corrected chi connectivity index (χ4v) is 0. The molecule has 0 saturated carbocycles. The van der Waals surface area contributed by atoms with Gasteiger partial charge in [-0.2, -0.15) is 0 Å². The zero-order chi connectivity index (χ0) is 25.0. The van der Waals surface area contributed by atoms with Crippen LogP contribution in [-0.4, -0.2) is 61.8 Å². The minimum absolute atomic E-state index is 0. The Labute approximate surface area is 202 Å². The van der Waals surface area contributed by atoms with Crippen LogP contribution in [0.15, 0.2) is 0 Å². The molecule has 0 atom stereocenters. The van der Waals surface area contributed by atoms with Gasteiger partial charge in [0.2, 0.25) is 0 Å². The second-order valence-corrected chi connectivity index (χ2v) is 1.57. The Balaban J connectivity index is -0.0000000204. The molecule has 0 aromatic rings. The van der Waals surface area contributed by atoms with Crippen LogP contribution < -0.4 is 0 Å². The zero-order valence-corrected chi connectivity index (χ0v) is 18.5. The molecule has 0 aromatic carbocycles. The molecule has 0 amide bonds. The maximum absolute atomic E-state index is 8.25. The molecule has 0 aromatic heterocycles. The van der Waals surface area contributed by atoms with Gasteiger partial charge in [0.15, 0.2) is 0 Å². The molecule has 0 heterocycles. The largest absolute Gasteiger partial charge is 3.00 e. The van der Waals surface area contributed by atoms with Crippen molar-refractivity contribution >= 4 is 26.2 Å². The molecule has 0 aliphatic heterocycles. The normalized spacial score (nSPS) is 5.42. The van der Waals surface area contributed by atoms with Crippen LogP contribution in [0.1, 0.15) is 0 Å². The van der Waals surface area contributed by atoms with Gasteiger partial charge in [0.05, 0.1) is 35.6 Å². The zero-order valence-electron chi connectivity index (χ0n) is 12.8. The number of hydrogen-bond acceptors (Lipinski definition) is 21. The van der Waals surface area contributed by atoms with E-state index < -0.39 is 35.6 Å². The first-order valence-electron chi connectivity index (χ1n) is 3.83. The average Bonchev–Trinajstić information content (AvgIpc) is 2.20. The molecule has 0 unspecified atom stereocenters. The Hall–Kier alpha value is -3.69. The van der Waals surface area contributed by atoms with Gasteiger partial charge in [-0.25, -0.2) is 0 Å². The van der Waals surface area contributed by atoms with Crippen LogP contribution in [0.3, 0.4) is 0 Å². The first-order valence-corrected chi connectivity index (χ1v) is 3.83. The van der Waals surface area contributed by atoms with Crippen molar-refractivity contribution < 1.29 is 69.5 Å². The Morgan fingerprint density at radius 1 is 0.290 bits per heavy atom. The minimum Gasteiger partial charge on any atom is -0.356 e. The van der Waals surface area contributed by atoms with Crippen molar-refractivity contribution in [2.45, 2.75) is 0 Å². The molecule has 0 fully saturated rings. The Morgan fingerprint density at radius 3 is 0.290 bits per heavy atom. The van der Waals surface area contributed by atoms with E-state index in [1.54, 1.807) is 0 Å². The first kappa shape index (κ1) is 63.1. The third-order valence-corrected chi connectivity index (χ3v) is 0. The summed E-state index contributed by atoms with van der Waals surface area (Å²) in [5.74, 6) is 0. The quantitative estimate of drug-likeness (QED) is 0.146. The van der Waals surface area contributed by atoms with Crippen molar-refractivity contribution in [3.8, 4) is 0 Å². The summed E-state index contributed by atoms with van der Waals surface area (Å²) >= 11 is 0. The van der Waals surface area contributed by atoms with Crippen LogP contribution in [-0.2, 0) is 33.8 Å². The standard InChI is InChI=1S/Bi.Co.Fe.7NO3/c;;;7*2-1(3)4/q+3;2*+2;7*-1. The van der Waals surface area contributed by atoms with Gasteiger partial charge in [-0.3, -0.25) is 0 Å². The molecular formula is BiCoFeN7O21. The van der Waals surface area contributed by atoms with Gasteiger partial charge in [0, 0.05) is 0 Å². The van der Waals surface area contributed by atoms with Crippen molar-refractivity contribution in [3.05, 3.63) is 107 Å². The van der Waals surface area contributed by atoms with Crippen LogP contribution in [0.4, 0.5) is 0 Å². The van der Waals surface area contributed by atoms with Crippen molar-refractivity contribution in [2.24, 2.45) is 0 Å². The topological polar surface area (TPSA) is 463 Å². The van der Waals surface area contributed by atoms with E-state index in [1.807, 2.05) is 0 Å². The van der Waals surface area contributed by atoms with E-state index in [2.05, 4.69) is 0 Å². The monoisotopic (exact) mass is 758 g/mol. The van der Waals surface area contributed by atoms with Crippen molar-refractivity contribution in [3.63, 3.8) is 0 Å². The third-order valence-electron chi connectivity index (χ3n) is 0. The summed E-state index contributed by atoms with van der Waals surface area (Å²) in [7, 11) is 0. The molecular weight excluding hydrogens is 758 g/mol. The van der Waals surface area contributed by atoms with Crippen molar-refractivity contribution in [1.82, 2.24) is 0 Å². The second kappa shape index (κ2) is 56.2. The smallest absolute Gasteiger partial charge is 0.356 e. The van der Waals surface area contributed by atoms with Gasteiger partial charge < -0.3 is 107 Å². The molecule has 0 N–H and O–H groups in total. The van der Waals surface area contributed by atoms with E-state index in [1.165, 1.54) is 0 Å². The van der Waals surface area contributed by atoms with Gasteiger partial charge in [0.25, 0.3) is 0 Å². The van der Waals surface area contributed by atoms with Gasteiger partial charge in [-0.1, -0.05) is 0 Å². The number of rotatable bonds is 0.